The van der Waals surface area contributed by atoms with Crippen LogP contribution >= 0.6 is 11.8 Å². The molecule has 0 saturated carbocycles. The second-order valence-electron chi connectivity index (χ2n) is 6.31. The van der Waals surface area contributed by atoms with E-state index in [9.17, 15) is 0 Å². The lowest BCUT2D eigenvalue weighted by atomic mass is 10.1. The average molecular weight is 300 g/mol. The SMILES string of the molecule is Cc1cccc(CSc2ccc(CNC(C)(C)C)cc2)n1. The van der Waals surface area contributed by atoms with Crippen molar-refractivity contribution in [3.8, 4) is 0 Å². The molecule has 0 unspecified atom stereocenters. The number of hydrogen-bond donors (Lipinski definition) is 1. The van der Waals surface area contributed by atoms with Crippen LogP contribution in [-0.2, 0) is 12.3 Å². The number of pyridine rings is 1. The summed E-state index contributed by atoms with van der Waals surface area (Å²) in [7, 11) is 0. The molecule has 1 heterocycles. The number of rotatable bonds is 5. The van der Waals surface area contributed by atoms with E-state index in [1.165, 1.54) is 10.5 Å². The summed E-state index contributed by atoms with van der Waals surface area (Å²) in [6.07, 6.45) is 0. The molecule has 112 valence electrons. The van der Waals surface area contributed by atoms with Gasteiger partial charge in [0.15, 0.2) is 0 Å². The minimum absolute atomic E-state index is 0.157. The minimum atomic E-state index is 0.157. The van der Waals surface area contributed by atoms with Gasteiger partial charge >= 0.3 is 0 Å². The predicted octanol–water partition coefficient (Wildman–Crippen LogP) is 4.57. The van der Waals surface area contributed by atoms with Crippen molar-refractivity contribution in [2.45, 2.75) is 50.4 Å². The highest BCUT2D eigenvalue weighted by Gasteiger charge is 2.08. The third-order valence-electron chi connectivity index (χ3n) is 3.08. The Labute approximate surface area is 132 Å². The van der Waals surface area contributed by atoms with Gasteiger partial charge in [0.25, 0.3) is 0 Å². The highest BCUT2D eigenvalue weighted by molar-refractivity contribution is 7.98. The highest BCUT2D eigenvalue weighted by atomic mass is 32.2. The molecule has 2 rings (SSSR count). The van der Waals surface area contributed by atoms with E-state index in [-0.39, 0.29) is 5.54 Å². The third kappa shape index (κ3) is 5.90. The first kappa shape index (κ1) is 16.1. The standard InChI is InChI=1S/C18H24N2S/c1-14-6-5-7-16(20-14)13-21-17-10-8-15(9-11-17)12-19-18(2,3)4/h5-11,19H,12-13H2,1-4H3. The zero-order valence-corrected chi connectivity index (χ0v) is 14.1. The number of nitrogens with one attached hydrogen (secondary N) is 1. The maximum atomic E-state index is 4.53. The van der Waals surface area contributed by atoms with Crippen LogP contribution in [0.2, 0.25) is 0 Å². The van der Waals surface area contributed by atoms with Gasteiger partial charge in [-0.25, -0.2) is 0 Å². The number of benzene rings is 1. The second-order valence-corrected chi connectivity index (χ2v) is 7.36. The lowest BCUT2D eigenvalue weighted by Gasteiger charge is -2.20. The highest BCUT2D eigenvalue weighted by Crippen LogP contribution is 2.22. The summed E-state index contributed by atoms with van der Waals surface area (Å²) < 4.78 is 0. The molecule has 0 radical (unpaired) electrons. The van der Waals surface area contributed by atoms with Gasteiger partial charge in [-0.05, 0) is 57.5 Å². The molecule has 2 nitrogen and oxygen atoms in total. The van der Waals surface area contributed by atoms with E-state index in [4.69, 9.17) is 0 Å². The fourth-order valence-electron chi connectivity index (χ4n) is 1.91. The van der Waals surface area contributed by atoms with Gasteiger partial charge in [-0.1, -0.05) is 18.2 Å². The van der Waals surface area contributed by atoms with Crippen molar-refractivity contribution in [2.24, 2.45) is 0 Å². The summed E-state index contributed by atoms with van der Waals surface area (Å²) >= 11 is 1.83. The zero-order chi connectivity index (χ0) is 15.3. The van der Waals surface area contributed by atoms with Crippen molar-refractivity contribution < 1.29 is 0 Å². The van der Waals surface area contributed by atoms with Crippen molar-refractivity contribution >= 4 is 11.8 Å². The quantitative estimate of drug-likeness (QED) is 0.819. The number of thioether (sulfide) groups is 1. The molecular weight excluding hydrogens is 276 g/mol. The van der Waals surface area contributed by atoms with Gasteiger partial charge in [-0.3, -0.25) is 4.98 Å². The maximum Gasteiger partial charge on any atom is 0.0509 e. The molecule has 2 aromatic rings. The van der Waals surface area contributed by atoms with Crippen LogP contribution in [0.25, 0.3) is 0 Å². The topological polar surface area (TPSA) is 24.9 Å². The molecule has 0 amide bonds. The normalized spacial score (nSPS) is 11.6. The van der Waals surface area contributed by atoms with E-state index in [1.54, 1.807) is 0 Å². The number of hydrogen-bond acceptors (Lipinski definition) is 3. The Morgan fingerprint density at radius 1 is 1.05 bits per heavy atom. The number of nitrogens with zero attached hydrogens (tertiary/aromatic N) is 1. The van der Waals surface area contributed by atoms with Crippen molar-refractivity contribution in [3.63, 3.8) is 0 Å². The molecule has 21 heavy (non-hydrogen) atoms. The van der Waals surface area contributed by atoms with Crippen molar-refractivity contribution in [1.82, 2.24) is 10.3 Å². The Morgan fingerprint density at radius 3 is 2.38 bits per heavy atom. The molecule has 0 fully saturated rings. The van der Waals surface area contributed by atoms with Crippen LogP contribution in [0.1, 0.15) is 37.7 Å². The largest absolute Gasteiger partial charge is 0.308 e. The molecular formula is C18H24N2S. The predicted molar refractivity (Wildman–Crippen MR) is 91.6 cm³/mol. The Morgan fingerprint density at radius 2 is 1.76 bits per heavy atom. The summed E-state index contributed by atoms with van der Waals surface area (Å²) in [4.78, 5) is 5.82. The minimum Gasteiger partial charge on any atom is -0.308 e. The molecule has 0 aliphatic carbocycles. The van der Waals surface area contributed by atoms with Crippen LogP contribution in [0.3, 0.4) is 0 Å². The molecule has 0 aliphatic rings. The van der Waals surface area contributed by atoms with Crippen LogP contribution in [0, 0.1) is 6.92 Å². The molecule has 0 bridgehead atoms. The lowest BCUT2D eigenvalue weighted by molar-refractivity contribution is 0.424. The molecule has 1 N–H and O–H groups in total. The lowest BCUT2D eigenvalue weighted by Crippen LogP contribution is -2.35. The summed E-state index contributed by atoms with van der Waals surface area (Å²) in [6.45, 7) is 9.50. The van der Waals surface area contributed by atoms with E-state index in [0.717, 1.165) is 23.7 Å². The summed E-state index contributed by atoms with van der Waals surface area (Å²) in [5, 5.41) is 3.50. The maximum absolute atomic E-state index is 4.53. The molecule has 0 spiro atoms. The van der Waals surface area contributed by atoms with E-state index in [1.807, 2.05) is 24.8 Å². The van der Waals surface area contributed by atoms with E-state index in [2.05, 4.69) is 67.5 Å². The molecule has 3 heteroatoms. The first-order chi connectivity index (χ1) is 9.92. The van der Waals surface area contributed by atoms with E-state index < -0.39 is 0 Å². The van der Waals surface area contributed by atoms with E-state index in [0.29, 0.717) is 0 Å². The number of aromatic nitrogens is 1. The summed E-state index contributed by atoms with van der Waals surface area (Å²) in [5.74, 6) is 0.918. The summed E-state index contributed by atoms with van der Waals surface area (Å²) in [5.41, 5.74) is 3.70. The van der Waals surface area contributed by atoms with Gasteiger partial charge in [-0.15, -0.1) is 11.8 Å². The number of aryl methyl sites for hydroxylation is 1. The Kier molecular flexibility index (Phi) is 5.43. The van der Waals surface area contributed by atoms with Crippen molar-refractivity contribution in [3.05, 3.63) is 59.4 Å². The smallest absolute Gasteiger partial charge is 0.0509 e. The monoisotopic (exact) mass is 300 g/mol. The zero-order valence-electron chi connectivity index (χ0n) is 13.3. The average Bonchev–Trinajstić information content (AvgIpc) is 2.43. The van der Waals surface area contributed by atoms with Crippen LogP contribution in [0.4, 0.5) is 0 Å². The van der Waals surface area contributed by atoms with Gasteiger partial charge in [0, 0.05) is 28.4 Å². The first-order valence-electron chi connectivity index (χ1n) is 7.32. The van der Waals surface area contributed by atoms with Crippen LogP contribution in [0.5, 0.6) is 0 Å². The van der Waals surface area contributed by atoms with Gasteiger partial charge in [-0.2, -0.15) is 0 Å². The van der Waals surface area contributed by atoms with E-state index >= 15 is 0 Å². The van der Waals surface area contributed by atoms with Crippen LogP contribution < -0.4 is 5.32 Å². The van der Waals surface area contributed by atoms with Gasteiger partial charge < -0.3 is 5.32 Å². The van der Waals surface area contributed by atoms with Gasteiger partial charge in [0.05, 0.1) is 5.69 Å². The molecule has 0 aliphatic heterocycles. The third-order valence-corrected chi connectivity index (χ3v) is 4.12. The van der Waals surface area contributed by atoms with Gasteiger partial charge in [0.1, 0.15) is 0 Å². The van der Waals surface area contributed by atoms with Crippen molar-refractivity contribution in [2.75, 3.05) is 0 Å². The second kappa shape index (κ2) is 7.10. The Bertz CT molecular complexity index is 571. The van der Waals surface area contributed by atoms with Crippen LogP contribution in [0.15, 0.2) is 47.4 Å². The molecule has 1 aromatic heterocycles. The molecule has 1 aromatic carbocycles. The first-order valence-corrected chi connectivity index (χ1v) is 8.30. The summed E-state index contributed by atoms with van der Waals surface area (Å²) in [6, 6.07) is 15.0. The Balaban J connectivity index is 1.87. The fourth-order valence-corrected chi connectivity index (χ4v) is 2.71. The van der Waals surface area contributed by atoms with Gasteiger partial charge in [0.2, 0.25) is 0 Å². The molecule has 0 saturated heterocycles. The Hall–Kier alpha value is -1.32. The van der Waals surface area contributed by atoms with Crippen LogP contribution in [-0.4, -0.2) is 10.5 Å². The molecule has 0 atom stereocenters. The van der Waals surface area contributed by atoms with Crippen molar-refractivity contribution in [1.29, 1.82) is 0 Å². The fraction of sp³-hybridized carbons (Fsp3) is 0.389.